The second-order valence-corrected chi connectivity index (χ2v) is 6.42. The highest BCUT2D eigenvalue weighted by atomic mass is 16.2. The Hall–Kier alpha value is -1.89. The van der Waals surface area contributed by atoms with Gasteiger partial charge in [0.1, 0.15) is 5.69 Å². The predicted molar refractivity (Wildman–Crippen MR) is 86.1 cm³/mol. The molecular weight excluding hydrogens is 294 g/mol. The molecule has 0 radical (unpaired) electrons. The number of aryl methyl sites for hydroxylation is 2. The number of nitrogens with one attached hydrogen (secondary N) is 1. The summed E-state index contributed by atoms with van der Waals surface area (Å²) in [7, 11) is 1.81. The van der Waals surface area contributed by atoms with Crippen LogP contribution in [0.25, 0.3) is 0 Å². The lowest BCUT2D eigenvalue weighted by Gasteiger charge is -2.22. The summed E-state index contributed by atoms with van der Waals surface area (Å²) in [5, 5.41) is 7.01. The first-order valence-corrected chi connectivity index (χ1v) is 8.38. The van der Waals surface area contributed by atoms with Crippen LogP contribution in [0.3, 0.4) is 0 Å². The first kappa shape index (κ1) is 16.0. The van der Waals surface area contributed by atoms with E-state index >= 15 is 0 Å². The van der Waals surface area contributed by atoms with Crippen LogP contribution in [0, 0.1) is 6.92 Å². The number of amides is 2. The van der Waals surface area contributed by atoms with Gasteiger partial charge in [0.05, 0.1) is 6.04 Å². The molecule has 1 aromatic heterocycles. The first-order valence-electron chi connectivity index (χ1n) is 8.38. The van der Waals surface area contributed by atoms with E-state index in [1.165, 1.54) is 12.8 Å². The van der Waals surface area contributed by atoms with Gasteiger partial charge in [-0.05, 0) is 45.3 Å². The largest absolute Gasteiger partial charge is 0.349 e. The van der Waals surface area contributed by atoms with E-state index in [1.807, 2.05) is 18.9 Å². The van der Waals surface area contributed by atoms with E-state index in [0.29, 0.717) is 18.8 Å². The number of hydrogen-bond donors (Lipinski definition) is 1. The molecule has 2 fully saturated rings. The van der Waals surface area contributed by atoms with E-state index in [4.69, 9.17) is 0 Å². The summed E-state index contributed by atoms with van der Waals surface area (Å²) in [4.78, 5) is 28.7. The molecule has 0 aliphatic carbocycles. The first-order chi connectivity index (χ1) is 11.1. The van der Waals surface area contributed by atoms with Crippen molar-refractivity contribution in [2.24, 2.45) is 7.05 Å². The van der Waals surface area contributed by atoms with Crippen LogP contribution in [-0.2, 0) is 11.8 Å². The third-order valence-corrected chi connectivity index (χ3v) is 4.86. The summed E-state index contributed by atoms with van der Waals surface area (Å²) in [5.74, 6) is 0.0336. The van der Waals surface area contributed by atoms with Crippen LogP contribution in [0.1, 0.15) is 35.4 Å². The van der Waals surface area contributed by atoms with E-state index in [9.17, 15) is 9.59 Å². The molecule has 0 saturated carbocycles. The highest BCUT2D eigenvalue weighted by Crippen LogP contribution is 2.21. The monoisotopic (exact) mass is 319 g/mol. The Bertz CT molecular complexity index is 572. The van der Waals surface area contributed by atoms with Crippen LogP contribution in [0.15, 0.2) is 6.07 Å². The van der Waals surface area contributed by atoms with Gasteiger partial charge in [0.2, 0.25) is 5.91 Å². The number of aromatic nitrogens is 2. The third-order valence-electron chi connectivity index (χ3n) is 4.86. The normalized spacial score (nSPS) is 22.1. The molecule has 2 aliphatic rings. The summed E-state index contributed by atoms with van der Waals surface area (Å²) in [6, 6.07) is 1.83. The topological polar surface area (TPSA) is 70.5 Å². The minimum absolute atomic E-state index is 0.0617. The SMILES string of the molecule is Cc1cc(C(=O)NCCN2CCC(N3CCCC3)C2=O)nn1C. The van der Waals surface area contributed by atoms with Gasteiger partial charge in [0, 0.05) is 32.4 Å². The average Bonchev–Trinajstić information content (AvgIpc) is 3.23. The van der Waals surface area contributed by atoms with Gasteiger partial charge in [-0.15, -0.1) is 0 Å². The lowest BCUT2D eigenvalue weighted by Crippen LogP contribution is -2.42. The molecule has 126 valence electrons. The molecule has 0 aromatic carbocycles. The highest BCUT2D eigenvalue weighted by Gasteiger charge is 2.36. The van der Waals surface area contributed by atoms with Crippen molar-refractivity contribution in [1.82, 2.24) is 24.9 Å². The standard InChI is InChI=1S/C16H25N5O2/c1-12-11-13(18-19(12)2)15(22)17-6-10-21-9-5-14(16(21)23)20-7-3-4-8-20/h11,14H,3-10H2,1-2H3,(H,17,22). The lowest BCUT2D eigenvalue weighted by molar-refractivity contribution is -0.131. The fourth-order valence-corrected chi connectivity index (χ4v) is 3.40. The van der Waals surface area contributed by atoms with Crippen molar-refractivity contribution in [3.8, 4) is 0 Å². The molecule has 2 aliphatic heterocycles. The Morgan fingerprint density at radius 2 is 2.09 bits per heavy atom. The molecule has 7 nitrogen and oxygen atoms in total. The van der Waals surface area contributed by atoms with Crippen LogP contribution in [0.5, 0.6) is 0 Å². The summed E-state index contributed by atoms with van der Waals surface area (Å²) in [5.41, 5.74) is 1.37. The van der Waals surface area contributed by atoms with Crippen LogP contribution < -0.4 is 5.32 Å². The maximum atomic E-state index is 12.4. The summed E-state index contributed by atoms with van der Waals surface area (Å²) in [6.07, 6.45) is 3.30. The average molecular weight is 319 g/mol. The van der Waals surface area contributed by atoms with Gasteiger partial charge >= 0.3 is 0 Å². The molecule has 2 saturated heterocycles. The maximum absolute atomic E-state index is 12.4. The minimum Gasteiger partial charge on any atom is -0.349 e. The van der Waals surface area contributed by atoms with Crippen molar-refractivity contribution in [2.45, 2.75) is 32.2 Å². The van der Waals surface area contributed by atoms with Gasteiger partial charge < -0.3 is 10.2 Å². The summed E-state index contributed by atoms with van der Waals surface area (Å²) >= 11 is 0. The molecule has 3 heterocycles. The zero-order valence-electron chi connectivity index (χ0n) is 13.9. The molecule has 1 N–H and O–H groups in total. The fourth-order valence-electron chi connectivity index (χ4n) is 3.40. The van der Waals surface area contributed by atoms with Crippen molar-refractivity contribution in [2.75, 3.05) is 32.7 Å². The Labute approximate surface area is 136 Å². The van der Waals surface area contributed by atoms with E-state index in [1.54, 1.807) is 10.7 Å². The van der Waals surface area contributed by atoms with Crippen molar-refractivity contribution in [3.05, 3.63) is 17.5 Å². The summed E-state index contributed by atoms with van der Waals surface area (Å²) in [6.45, 7) is 5.82. The number of carbonyl (C=O) groups excluding carboxylic acids is 2. The number of nitrogens with zero attached hydrogens (tertiary/aromatic N) is 4. The smallest absolute Gasteiger partial charge is 0.271 e. The minimum atomic E-state index is -0.184. The zero-order valence-corrected chi connectivity index (χ0v) is 13.9. The molecule has 1 aromatic rings. The molecule has 1 unspecified atom stereocenters. The van der Waals surface area contributed by atoms with E-state index in [2.05, 4.69) is 15.3 Å². The van der Waals surface area contributed by atoms with Gasteiger partial charge in [0.25, 0.3) is 5.91 Å². The van der Waals surface area contributed by atoms with E-state index in [-0.39, 0.29) is 17.9 Å². The van der Waals surface area contributed by atoms with Gasteiger partial charge in [-0.25, -0.2) is 0 Å². The van der Waals surface area contributed by atoms with E-state index < -0.39 is 0 Å². The molecule has 1 atom stereocenters. The molecule has 3 rings (SSSR count). The second-order valence-electron chi connectivity index (χ2n) is 6.42. The van der Waals surface area contributed by atoms with Crippen LogP contribution in [-0.4, -0.2) is 70.2 Å². The Balaban J connectivity index is 1.45. The maximum Gasteiger partial charge on any atom is 0.271 e. The van der Waals surface area contributed by atoms with Crippen molar-refractivity contribution < 1.29 is 9.59 Å². The van der Waals surface area contributed by atoms with Crippen LogP contribution in [0.4, 0.5) is 0 Å². The molecule has 0 spiro atoms. The molecule has 23 heavy (non-hydrogen) atoms. The third kappa shape index (κ3) is 3.39. The van der Waals surface area contributed by atoms with Gasteiger partial charge in [0.15, 0.2) is 0 Å². The zero-order chi connectivity index (χ0) is 16.4. The van der Waals surface area contributed by atoms with Gasteiger partial charge in [-0.1, -0.05) is 0 Å². The Kier molecular flexibility index (Phi) is 4.66. The fraction of sp³-hybridized carbons (Fsp3) is 0.688. The van der Waals surface area contributed by atoms with E-state index in [0.717, 1.165) is 31.7 Å². The molecule has 7 heteroatoms. The van der Waals surface area contributed by atoms with Gasteiger partial charge in [-0.3, -0.25) is 19.2 Å². The van der Waals surface area contributed by atoms with Gasteiger partial charge in [-0.2, -0.15) is 5.10 Å². The number of likely N-dealkylation sites (tertiary alicyclic amines) is 2. The van der Waals surface area contributed by atoms with Crippen LogP contribution in [0.2, 0.25) is 0 Å². The molecule has 0 bridgehead atoms. The van der Waals surface area contributed by atoms with Crippen molar-refractivity contribution >= 4 is 11.8 Å². The van der Waals surface area contributed by atoms with Crippen molar-refractivity contribution in [1.29, 1.82) is 0 Å². The molecule has 2 amide bonds. The second kappa shape index (κ2) is 6.70. The number of carbonyl (C=O) groups is 2. The van der Waals surface area contributed by atoms with Crippen molar-refractivity contribution in [3.63, 3.8) is 0 Å². The Morgan fingerprint density at radius 1 is 1.35 bits per heavy atom. The molecular formula is C16H25N5O2. The number of rotatable bonds is 5. The lowest BCUT2D eigenvalue weighted by atomic mass is 10.2. The highest BCUT2D eigenvalue weighted by molar-refractivity contribution is 5.92. The summed E-state index contributed by atoms with van der Waals surface area (Å²) < 4.78 is 1.68. The Morgan fingerprint density at radius 3 is 2.74 bits per heavy atom. The van der Waals surface area contributed by atoms with Crippen LogP contribution >= 0.6 is 0 Å². The number of hydrogen-bond acceptors (Lipinski definition) is 4. The quantitative estimate of drug-likeness (QED) is 0.839. The predicted octanol–water partition coefficient (Wildman–Crippen LogP) is 0.155.